The summed E-state index contributed by atoms with van der Waals surface area (Å²) in [5, 5.41) is 4.45. The van der Waals surface area contributed by atoms with Crippen LogP contribution in [-0.4, -0.2) is 34.8 Å². The number of carbonyl (C=O) groups excluding carboxylic acids is 2. The maximum atomic E-state index is 13.9. The lowest BCUT2D eigenvalue weighted by atomic mass is 9.76. The van der Waals surface area contributed by atoms with Crippen molar-refractivity contribution in [2.45, 2.75) is 51.1 Å². The van der Waals surface area contributed by atoms with Gasteiger partial charge < -0.3 is 15.2 Å². The fraction of sp³-hybridized carbons (Fsp3) is 0.407. The zero-order chi connectivity index (χ0) is 22.4. The number of likely N-dealkylation sites (N-methyl/N-ethyl adjacent to an activating group) is 1. The van der Waals surface area contributed by atoms with Crippen molar-refractivity contribution >= 4 is 22.7 Å². The van der Waals surface area contributed by atoms with Crippen LogP contribution in [0.1, 0.15) is 66.6 Å². The normalized spacial score (nSPS) is 27.9. The van der Waals surface area contributed by atoms with E-state index in [2.05, 4.69) is 30.2 Å². The lowest BCUT2D eigenvalue weighted by molar-refractivity contribution is -0.125. The van der Waals surface area contributed by atoms with Gasteiger partial charge in [0.2, 0.25) is 5.91 Å². The molecule has 5 rings (SSSR count). The van der Waals surface area contributed by atoms with Gasteiger partial charge in [0.05, 0.1) is 12.0 Å². The van der Waals surface area contributed by atoms with Crippen LogP contribution in [0.2, 0.25) is 0 Å². The summed E-state index contributed by atoms with van der Waals surface area (Å²) in [7, 11) is 1.82. The fourth-order valence-electron chi connectivity index (χ4n) is 5.74. The molecule has 0 saturated heterocycles. The topological polar surface area (TPSA) is 65.2 Å². The van der Waals surface area contributed by atoms with Crippen LogP contribution in [0.25, 0.3) is 10.9 Å². The van der Waals surface area contributed by atoms with Crippen molar-refractivity contribution in [3.63, 3.8) is 0 Å². The van der Waals surface area contributed by atoms with E-state index in [1.54, 1.807) is 4.90 Å². The van der Waals surface area contributed by atoms with Gasteiger partial charge in [-0.05, 0) is 36.0 Å². The number of nitrogens with one attached hydrogen (secondary N) is 2. The largest absolute Gasteiger partial charge is 0.361 e. The molecule has 2 heterocycles. The molecule has 2 amide bonds. The molecule has 2 aromatic carbocycles. The van der Waals surface area contributed by atoms with Gasteiger partial charge in [0.15, 0.2) is 0 Å². The highest BCUT2D eigenvalue weighted by Crippen LogP contribution is 2.44. The number of hydrogen-bond donors (Lipinski definition) is 2. The summed E-state index contributed by atoms with van der Waals surface area (Å²) in [5.41, 5.74) is 3.43. The van der Waals surface area contributed by atoms with Gasteiger partial charge in [-0.2, -0.15) is 0 Å². The summed E-state index contributed by atoms with van der Waals surface area (Å²) in [6, 6.07) is 15.4. The monoisotopic (exact) mass is 429 g/mol. The molecule has 1 aliphatic carbocycles. The van der Waals surface area contributed by atoms with Gasteiger partial charge in [-0.3, -0.25) is 9.59 Å². The van der Waals surface area contributed by atoms with Crippen LogP contribution < -0.4 is 5.32 Å². The van der Waals surface area contributed by atoms with E-state index in [1.165, 1.54) is 6.42 Å². The Kier molecular flexibility index (Phi) is 5.28. The molecule has 32 heavy (non-hydrogen) atoms. The second-order valence-electron chi connectivity index (χ2n) is 9.60. The molecule has 5 nitrogen and oxygen atoms in total. The van der Waals surface area contributed by atoms with Gasteiger partial charge >= 0.3 is 0 Å². The van der Waals surface area contributed by atoms with E-state index in [4.69, 9.17) is 0 Å². The number of fused-ring (bicyclic) bond motifs is 2. The number of aromatic amines is 1. The quantitative estimate of drug-likeness (QED) is 0.614. The van der Waals surface area contributed by atoms with Gasteiger partial charge in [-0.15, -0.1) is 0 Å². The highest BCUT2D eigenvalue weighted by molar-refractivity contribution is 6.02. The Labute approximate surface area is 189 Å². The van der Waals surface area contributed by atoms with Gasteiger partial charge in [-0.1, -0.05) is 63.1 Å². The average molecular weight is 430 g/mol. The minimum atomic E-state index is -0.461. The number of carbonyl (C=O) groups is 2. The zero-order valence-corrected chi connectivity index (χ0v) is 19.0. The molecule has 0 radical (unpaired) electrons. The Bertz CT molecular complexity index is 1170. The summed E-state index contributed by atoms with van der Waals surface area (Å²) in [6.07, 6.45) is 5.33. The average Bonchev–Trinajstić information content (AvgIpc) is 3.23. The standard InChI is InChI=1S/C27H31N3O2/c1-16-9-8-14-22(17(16)2)29-26(31)24-19-11-4-5-12-20(19)27(32)30(3)25(24)21-15-28-23-13-7-6-10-18(21)23/h4-7,10-13,15-17,22,24-25,28H,8-9,14H2,1-3H3,(H,29,31). The van der Waals surface area contributed by atoms with Crippen LogP contribution in [0.5, 0.6) is 0 Å². The summed E-state index contributed by atoms with van der Waals surface area (Å²) in [5.74, 6) is 0.550. The first-order chi connectivity index (χ1) is 15.5. The lowest BCUT2D eigenvalue weighted by Gasteiger charge is -2.41. The minimum Gasteiger partial charge on any atom is -0.361 e. The van der Waals surface area contributed by atoms with Crippen LogP contribution in [0.15, 0.2) is 54.7 Å². The van der Waals surface area contributed by atoms with Crippen LogP contribution >= 0.6 is 0 Å². The van der Waals surface area contributed by atoms with Crippen LogP contribution in [-0.2, 0) is 4.79 Å². The predicted octanol–water partition coefficient (Wildman–Crippen LogP) is 5.02. The van der Waals surface area contributed by atoms with Crippen molar-refractivity contribution in [2.75, 3.05) is 7.05 Å². The molecule has 0 spiro atoms. The van der Waals surface area contributed by atoms with Gasteiger partial charge in [0.25, 0.3) is 5.91 Å². The van der Waals surface area contributed by atoms with E-state index in [-0.39, 0.29) is 23.9 Å². The summed E-state index contributed by atoms with van der Waals surface area (Å²) in [4.78, 5) is 32.3. The van der Waals surface area contributed by atoms with E-state index >= 15 is 0 Å². The Morgan fingerprint density at radius 1 is 1.03 bits per heavy atom. The maximum Gasteiger partial charge on any atom is 0.254 e. The van der Waals surface area contributed by atoms with Gasteiger partial charge in [0.1, 0.15) is 0 Å². The molecule has 1 aromatic heterocycles. The van der Waals surface area contributed by atoms with E-state index in [0.717, 1.165) is 34.9 Å². The van der Waals surface area contributed by atoms with E-state index in [1.807, 2.05) is 55.7 Å². The highest BCUT2D eigenvalue weighted by Gasteiger charge is 2.44. The number of hydrogen-bond acceptors (Lipinski definition) is 2. The molecule has 1 aliphatic heterocycles. The molecule has 1 saturated carbocycles. The first-order valence-electron chi connectivity index (χ1n) is 11.7. The van der Waals surface area contributed by atoms with Crippen molar-refractivity contribution in [1.29, 1.82) is 0 Å². The number of nitrogens with zero attached hydrogens (tertiary/aromatic N) is 1. The number of para-hydroxylation sites is 1. The molecule has 0 bridgehead atoms. The maximum absolute atomic E-state index is 13.9. The molecule has 5 unspecified atom stereocenters. The molecule has 166 valence electrons. The number of amides is 2. The molecule has 5 heteroatoms. The summed E-state index contributed by atoms with van der Waals surface area (Å²) < 4.78 is 0. The lowest BCUT2D eigenvalue weighted by Crippen LogP contribution is -2.50. The van der Waals surface area contributed by atoms with Crippen LogP contribution in [0.4, 0.5) is 0 Å². The molecule has 3 aromatic rings. The van der Waals surface area contributed by atoms with Crippen molar-refractivity contribution < 1.29 is 9.59 Å². The number of benzene rings is 2. The van der Waals surface area contributed by atoms with Crippen molar-refractivity contribution in [3.05, 3.63) is 71.4 Å². The second kappa shape index (κ2) is 8.12. The summed E-state index contributed by atoms with van der Waals surface area (Å²) in [6.45, 7) is 4.52. The molecule has 2 N–H and O–H groups in total. The molecule has 2 aliphatic rings. The highest BCUT2D eigenvalue weighted by atomic mass is 16.2. The third kappa shape index (κ3) is 3.31. The molecular formula is C27H31N3O2. The third-order valence-corrected chi connectivity index (χ3v) is 7.84. The Balaban J connectivity index is 1.59. The van der Waals surface area contributed by atoms with Gasteiger partial charge in [-0.25, -0.2) is 0 Å². The molecule has 1 fully saturated rings. The molecular weight excluding hydrogens is 398 g/mol. The van der Waals surface area contributed by atoms with E-state index in [9.17, 15) is 9.59 Å². The summed E-state index contributed by atoms with van der Waals surface area (Å²) >= 11 is 0. The minimum absolute atomic E-state index is 0.0121. The van der Waals surface area contributed by atoms with Crippen molar-refractivity contribution in [3.8, 4) is 0 Å². The number of aromatic nitrogens is 1. The van der Waals surface area contributed by atoms with E-state index < -0.39 is 5.92 Å². The Morgan fingerprint density at radius 3 is 2.62 bits per heavy atom. The predicted molar refractivity (Wildman–Crippen MR) is 126 cm³/mol. The fourth-order valence-corrected chi connectivity index (χ4v) is 5.74. The smallest absolute Gasteiger partial charge is 0.254 e. The third-order valence-electron chi connectivity index (χ3n) is 7.84. The SMILES string of the molecule is CC1CCCC(NC(=O)C2c3ccccc3C(=O)N(C)C2c2c[nH]c3ccccc23)C1C. The van der Waals surface area contributed by atoms with Crippen LogP contribution in [0, 0.1) is 11.8 Å². The number of H-pyrrole nitrogens is 1. The van der Waals surface area contributed by atoms with Crippen molar-refractivity contribution in [1.82, 2.24) is 15.2 Å². The first kappa shape index (κ1) is 20.8. The van der Waals surface area contributed by atoms with Crippen molar-refractivity contribution in [2.24, 2.45) is 11.8 Å². The zero-order valence-electron chi connectivity index (χ0n) is 19.0. The second-order valence-corrected chi connectivity index (χ2v) is 9.60. The van der Waals surface area contributed by atoms with E-state index in [0.29, 0.717) is 17.4 Å². The Hall–Kier alpha value is -3.08. The molecule has 5 atom stereocenters. The Morgan fingerprint density at radius 2 is 1.78 bits per heavy atom. The van der Waals surface area contributed by atoms with Gasteiger partial charge in [0, 0.05) is 41.3 Å². The number of rotatable bonds is 3. The first-order valence-corrected chi connectivity index (χ1v) is 11.7. The van der Waals surface area contributed by atoms with Crippen LogP contribution in [0.3, 0.4) is 0 Å².